The van der Waals surface area contributed by atoms with Gasteiger partial charge in [-0.3, -0.25) is 9.59 Å². The van der Waals surface area contributed by atoms with E-state index in [4.69, 9.17) is 4.74 Å². The van der Waals surface area contributed by atoms with Crippen molar-refractivity contribution in [1.82, 2.24) is 9.47 Å². The number of hydrogen-bond acceptors (Lipinski definition) is 4. The summed E-state index contributed by atoms with van der Waals surface area (Å²) in [5, 5.41) is 0. The zero-order valence-electron chi connectivity index (χ0n) is 18.9. The Morgan fingerprint density at radius 1 is 1.06 bits per heavy atom. The standard InChI is InChI=1S/C25H32N2O4/c1-5-31-25(30)23-17(2)22(18(3)26(23)4)21(28)16-27(20-14-10-7-11-15-20)24(29)19-12-8-6-9-13-19/h6,8-9,12-13,20H,5,7,10-11,14-16H2,1-4H3. The summed E-state index contributed by atoms with van der Waals surface area (Å²) < 4.78 is 6.89. The van der Waals surface area contributed by atoms with Crippen molar-refractivity contribution >= 4 is 17.7 Å². The zero-order chi connectivity index (χ0) is 22.5. The van der Waals surface area contributed by atoms with E-state index in [0.717, 1.165) is 32.1 Å². The number of carbonyl (C=O) groups is 3. The van der Waals surface area contributed by atoms with Gasteiger partial charge in [0.15, 0.2) is 5.78 Å². The minimum absolute atomic E-state index is 0.00630. The third kappa shape index (κ3) is 4.73. The summed E-state index contributed by atoms with van der Waals surface area (Å²) in [7, 11) is 1.76. The maximum absolute atomic E-state index is 13.5. The summed E-state index contributed by atoms with van der Waals surface area (Å²) in [4.78, 5) is 41.0. The molecule has 6 heteroatoms. The Bertz CT molecular complexity index is 956. The molecule has 31 heavy (non-hydrogen) atoms. The van der Waals surface area contributed by atoms with E-state index < -0.39 is 5.97 Å². The fraction of sp³-hybridized carbons (Fsp3) is 0.480. The third-order valence-electron chi connectivity index (χ3n) is 6.29. The summed E-state index contributed by atoms with van der Waals surface area (Å²) in [5.41, 5.74) is 2.81. The van der Waals surface area contributed by atoms with Crippen molar-refractivity contribution in [2.45, 2.75) is 58.9 Å². The van der Waals surface area contributed by atoms with Gasteiger partial charge in [0, 0.05) is 29.9 Å². The highest BCUT2D eigenvalue weighted by molar-refractivity contribution is 6.06. The minimum atomic E-state index is -0.436. The lowest BCUT2D eigenvalue weighted by atomic mass is 9.93. The Balaban J connectivity index is 1.93. The molecule has 1 amide bonds. The molecule has 1 aromatic heterocycles. The Kier molecular flexibility index (Phi) is 7.31. The molecule has 1 fully saturated rings. The minimum Gasteiger partial charge on any atom is -0.461 e. The van der Waals surface area contributed by atoms with E-state index in [2.05, 4.69) is 0 Å². The van der Waals surface area contributed by atoms with Gasteiger partial charge in [0.2, 0.25) is 0 Å². The second-order valence-electron chi connectivity index (χ2n) is 8.23. The van der Waals surface area contributed by atoms with Crippen LogP contribution in [0.2, 0.25) is 0 Å². The van der Waals surface area contributed by atoms with Gasteiger partial charge < -0.3 is 14.2 Å². The highest BCUT2D eigenvalue weighted by Gasteiger charge is 2.31. The predicted molar refractivity (Wildman–Crippen MR) is 120 cm³/mol. The Morgan fingerprint density at radius 3 is 2.32 bits per heavy atom. The fourth-order valence-electron chi connectivity index (χ4n) is 4.62. The highest BCUT2D eigenvalue weighted by atomic mass is 16.5. The second kappa shape index (κ2) is 9.94. The van der Waals surface area contributed by atoms with Gasteiger partial charge in [-0.05, 0) is 51.3 Å². The van der Waals surface area contributed by atoms with E-state index >= 15 is 0 Å². The second-order valence-corrected chi connectivity index (χ2v) is 8.23. The van der Waals surface area contributed by atoms with Gasteiger partial charge >= 0.3 is 5.97 Å². The summed E-state index contributed by atoms with van der Waals surface area (Å²) in [6, 6.07) is 9.19. The molecule has 0 aliphatic heterocycles. The number of esters is 1. The van der Waals surface area contributed by atoms with Crippen molar-refractivity contribution in [2.24, 2.45) is 7.05 Å². The molecule has 0 bridgehead atoms. The number of aromatic nitrogens is 1. The molecule has 1 aliphatic rings. The van der Waals surface area contributed by atoms with E-state index in [9.17, 15) is 14.4 Å². The van der Waals surface area contributed by atoms with Gasteiger partial charge in [-0.25, -0.2) is 4.79 Å². The van der Waals surface area contributed by atoms with Crippen LogP contribution in [0.15, 0.2) is 30.3 Å². The molecule has 0 spiro atoms. The number of ether oxygens (including phenoxy) is 1. The van der Waals surface area contributed by atoms with E-state index in [-0.39, 0.29) is 30.9 Å². The molecule has 2 aromatic rings. The van der Waals surface area contributed by atoms with E-state index in [1.165, 1.54) is 0 Å². The van der Waals surface area contributed by atoms with Crippen molar-refractivity contribution in [3.8, 4) is 0 Å². The quantitative estimate of drug-likeness (QED) is 0.486. The molecule has 0 radical (unpaired) electrons. The molecule has 166 valence electrons. The normalized spacial score (nSPS) is 14.3. The summed E-state index contributed by atoms with van der Waals surface area (Å²) >= 11 is 0. The number of rotatable bonds is 7. The molecule has 0 N–H and O–H groups in total. The van der Waals surface area contributed by atoms with Crippen LogP contribution in [0.3, 0.4) is 0 Å². The number of benzene rings is 1. The first kappa shape index (κ1) is 22.8. The fourth-order valence-corrected chi connectivity index (χ4v) is 4.62. The van der Waals surface area contributed by atoms with Gasteiger partial charge in [0.1, 0.15) is 5.69 Å². The number of hydrogen-bond donors (Lipinski definition) is 0. The van der Waals surface area contributed by atoms with Crippen molar-refractivity contribution in [1.29, 1.82) is 0 Å². The number of Topliss-reactive ketones (excluding diaryl/α,β-unsaturated/α-hetero) is 1. The van der Waals surface area contributed by atoms with Gasteiger partial charge in [-0.15, -0.1) is 0 Å². The van der Waals surface area contributed by atoms with Crippen molar-refractivity contribution in [3.63, 3.8) is 0 Å². The van der Waals surface area contributed by atoms with Crippen LogP contribution in [0.5, 0.6) is 0 Å². The predicted octanol–water partition coefficient (Wildman–Crippen LogP) is 4.48. The molecule has 1 aliphatic carbocycles. The van der Waals surface area contributed by atoms with Gasteiger partial charge in [0.05, 0.1) is 13.2 Å². The van der Waals surface area contributed by atoms with Crippen LogP contribution in [0.25, 0.3) is 0 Å². The molecule has 1 aromatic carbocycles. The van der Waals surface area contributed by atoms with Gasteiger partial charge in [0.25, 0.3) is 5.91 Å². The smallest absolute Gasteiger partial charge is 0.355 e. The third-order valence-corrected chi connectivity index (χ3v) is 6.29. The molecule has 1 heterocycles. The van der Waals surface area contributed by atoms with Crippen LogP contribution in [-0.4, -0.2) is 46.3 Å². The summed E-state index contributed by atoms with van der Waals surface area (Å²) in [5.74, 6) is -0.692. The largest absolute Gasteiger partial charge is 0.461 e. The van der Waals surface area contributed by atoms with Crippen LogP contribution < -0.4 is 0 Å². The Hall–Kier alpha value is -2.89. The molecular weight excluding hydrogens is 392 g/mol. The number of carbonyl (C=O) groups excluding carboxylic acids is 3. The molecule has 6 nitrogen and oxygen atoms in total. The van der Waals surface area contributed by atoms with Gasteiger partial charge in [-0.1, -0.05) is 37.5 Å². The lowest BCUT2D eigenvalue weighted by molar-refractivity contribution is 0.0513. The zero-order valence-corrected chi connectivity index (χ0v) is 18.9. The van der Waals surface area contributed by atoms with Crippen LogP contribution >= 0.6 is 0 Å². The Labute approximate surface area is 184 Å². The highest BCUT2D eigenvalue weighted by Crippen LogP contribution is 2.27. The van der Waals surface area contributed by atoms with E-state index in [0.29, 0.717) is 28.1 Å². The van der Waals surface area contributed by atoms with E-state index in [1.807, 2.05) is 25.1 Å². The molecule has 0 unspecified atom stereocenters. The lowest BCUT2D eigenvalue weighted by Crippen LogP contribution is -2.44. The molecule has 1 saturated carbocycles. The van der Waals surface area contributed by atoms with Crippen molar-refractivity contribution < 1.29 is 19.1 Å². The van der Waals surface area contributed by atoms with Crippen LogP contribution in [0, 0.1) is 13.8 Å². The first-order chi connectivity index (χ1) is 14.9. The SMILES string of the molecule is CCOC(=O)c1c(C)c(C(=O)CN(C(=O)c2ccccc2)C2CCCCC2)c(C)n1C. The van der Waals surface area contributed by atoms with Crippen molar-refractivity contribution in [3.05, 3.63) is 58.4 Å². The van der Waals surface area contributed by atoms with Crippen LogP contribution in [0.4, 0.5) is 0 Å². The first-order valence-electron chi connectivity index (χ1n) is 11.1. The lowest BCUT2D eigenvalue weighted by Gasteiger charge is -2.34. The average molecular weight is 425 g/mol. The van der Waals surface area contributed by atoms with Crippen molar-refractivity contribution in [2.75, 3.05) is 13.2 Å². The monoisotopic (exact) mass is 424 g/mol. The van der Waals surface area contributed by atoms with Gasteiger partial charge in [-0.2, -0.15) is 0 Å². The van der Waals surface area contributed by atoms with E-state index in [1.54, 1.807) is 42.5 Å². The van der Waals surface area contributed by atoms with Crippen LogP contribution in [-0.2, 0) is 11.8 Å². The topological polar surface area (TPSA) is 68.6 Å². The Morgan fingerprint density at radius 2 is 1.71 bits per heavy atom. The molecular formula is C25H32N2O4. The maximum atomic E-state index is 13.5. The number of nitrogens with zero attached hydrogens (tertiary/aromatic N) is 2. The molecule has 3 rings (SSSR count). The maximum Gasteiger partial charge on any atom is 0.355 e. The molecule has 0 atom stereocenters. The number of ketones is 1. The van der Waals surface area contributed by atoms with Crippen LogP contribution in [0.1, 0.15) is 81.5 Å². The first-order valence-corrected chi connectivity index (χ1v) is 11.1. The molecule has 0 saturated heterocycles. The summed E-state index contributed by atoms with van der Waals surface area (Å²) in [6.45, 7) is 5.63. The number of amides is 1. The summed E-state index contributed by atoms with van der Waals surface area (Å²) in [6.07, 6.45) is 5.11. The average Bonchev–Trinajstić information content (AvgIpc) is 3.01.